The Balaban J connectivity index is 1.65. The molecule has 5 atom stereocenters. The number of rotatable bonds is 6. The number of benzene rings is 1. The summed E-state index contributed by atoms with van der Waals surface area (Å²) in [6.45, 7) is 3.02. The Morgan fingerprint density at radius 3 is 2.73 bits per heavy atom. The van der Waals surface area contributed by atoms with Crippen molar-refractivity contribution in [3.05, 3.63) is 35.4 Å². The van der Waals surface area contributed by atoms with Crippen LogP contribution >= 0.6 is 11.6 Å². The van der Waals surface area contributed by atoms with Crippen LogP contribution in [-0.4, -0.2) is 61.1 Å². The Hall–Kier alpha value is -2.10. The van der Waals surface area contributed by atoms with Gasteiger partial charge in [0.05, 0.1) is 5.75 Å². The molecule has 2 aliphatic heterocycles. The van der Waals surface area contributed by atoms with Gasteiger partial charge in [-0.15, -0.1) is 11.6 Å². The highest BCUT2D eigenvalue weighted by Crippen LogP contribution is 2.63. The van der Waals surface area contributed by atoms with Gasteiger partial charge in [0.1, 0.15) is 6.10 Å². The lowest BCUT2D eigenvalue weighted by atomic mass is 9.53. The molecule has 2 bridgehead atoms. The Kier molecular flexibility index (Phi) is 5.49. The van der Waals surface area contributed by atoms with Crippen LogP contribution in [0.3, 0.4) is 0 Å². The third kappa shape index (κ3) is 3.39. The number of carbonyl (C=O) groups excluding carboxylic acids is 2. The van der Waals surface area contributed by atoms with Crippen molar-refractivity contribution in [2.75, 3.05) is 18.2 Å². The highest BCUT2D eigenvalue weighted by molar-refractivity contribution is 7.89. The van der Waals surface area contributed by atoms with Gasteiger partial charge in [-0.1, -0.05) is 12.1 Å². The molecule has 5 rings (SSSR count). The topological polar surface area (TPSA) is 99.2 Å². The molecule has 1 spiro atoms. The third-order valence-corrected chi connectivity index (χ3v) is 9.48. The molecule has 1 aromatic carbocycles. The zero-order valence-electron chi connectivity index (χ0n) is 18.5. The van der Waals surface area contributed by atoms with Gasteiger partial charge in [-0.05, 0) is 37.0 Å². The molecule has 2 aliphatic carbocycles. The maximum absolute atomic E-state index is 13.2. The fourth-order valence-corrected chi connectivity index (χ4v) is 8.25. The number of hydrogen-bond donors (Lipinski definition) is 0. The first-order valence-electron chi connectivity index (χ1n) is 11.1. The number of esters is 2. The van der Waals surface area contributed by atoms with E-state index in [1.54, 1.807) is 16.4 Å². The zero-order valence-corrected chi connectivity index (χ0v) is 20.0. The van der Waals surface area contributed by atoms with Crippen molar-refractivity contribution in [2.24, 2.45) is 5.92 Å². The van der Waals surface area contributed by atoms with Crippen molar-refractivity contribution < 1.29 is 32.2 Å². The lowest BCUT2D eigenvalue weighted by Crippen LogP contribution is -2.66. The summed E-state index contributed by atoms with van der Waals surface area (Å²) < 4.78 is 45.5. The van der Waals surface area contributed by atoms with E-state index in [4.69, 9.17) is 25.8 Å². The van der Waals surface area contributed by atoms with Crippen LogP contribution in [0.25, 0.3) is 0 Å². The Bertz CT molecular complexity index is 1150. The van der Waals surface area contributed by atoms with E-state index in [1.807, 2.05) is 12.1 Å². The van der Waals surface area contributed by atoms with Crippen LogP contribution in [0.5, 0.6) is 11.5 Å². The average molecular weight is 496 g/mol. The van der Waals surface area contributed by atoms with Crippen LogP contribution < -0.4 is 9.47 Å². The first kappa shape index (κ1) is 22.7. The second kappa shape index (κ2) is 7.99. The molecular weight excluding hydrogens is 470 g/mol. The fraction of sp³-hybridized carbons (Fsp3) is 0.565. The summed E-state index contributed by atoms with van der Waals surface area (Å²) in [5, 5.41) is 0. The summed E-state index contributed by atoms with van der Waals surface area (Å²) in [6.07, 6.45) is 4.06. The summed E-state index contributed by atoms with van der Waals surface area (Å²) >= 11 is 5.77. The van der Waals surface area contributed by atoms with Crippen molar-refractivity contribution in [1.82, 2.24) is 4.31 Å². The van der Waals surface area contributed by atoms with Crippen LogP contribution in [0.15, 0.2) is 24.3 Å². The van der Waals surface area contributed by atoms with E-state index in [0.717, 1.165) is 11.1 Å². The lowest BCUT2D eigenvalue weighted by molar-refractivity contribution is -0.151. The minimum atomic E-state index is -3.49. The smallest absolute Gasteiger partial charge is 0.308 e. The number of piperidine rings is 1. The molecule has 10 heteroatoms. The lowest BCUT2D eigenvalue weighted by Gasteiger charge is -2.56. The monoisotopic (exact) mass is 495 g/mol. The second-order valence-corrected chi connectivity index (χ2v) is 11.5. The van der Waals surface area contributed by atoms with Gasteiger partial charge < -0.3 is 14.2 Å². The molecule has 1 saturated heterocycles. The van der Waals surface area contributed by atoms with Gasteiger partial charge in [-0.25, -0.2) is 8.42 Å². The van der Waals surface area contributed by atoms with E-state index < -0.39 is 39.6 Å². The van der Waals surface area contributed by atoms with Gasteiger partial charge in [-0.2, -0.15) is 4.31 Å². The summed E-state index contributed by atoms with van der Waals surface area (Å²) in [6, 6.07) is 3.31. The first-order chi connectivity index (χ1) is 15.7. The molecule has 0 amide bonds. The number of carbonyl (C=O) groups is 2. The summed E-state index contributed by atoms with van der Waals surface area (Å²) in [7, 11) is -3.49. The van der Waals surface area contributed by atoms with Gasteiger partial charge in [0.25, 0.3) is 0 Å². The molecule has 2 heterocycles. The number of nitrogens with zero attached hydrogens (tertiary/aromatic N) is 1. The SMILES string of the molecule is CC(=O)Oc1ccc2c3c1OC1C(OC(C)=O)C=CC4C(C2)N(S(=O)(=O)CCCCl)CCC341. The molecular formula is C23H26ClNO7S. The van der Waals surface area contributed by atoms with Gasteiger partial charge in [0.15, 0.2) is 17.6 Å². The zero-order chi connectivity index (χ0) is 23.5. The summed E-state index contributed by atoms with van der Waals surface area (Å²) in [5.74, 6) is 0.0910. The van der Waals surface area contributed by atoms with Crippen LogP contribution in [0.2, 0.25) is 0 Å². The van der Waals surface area contributed by atoms with Gasteiger partial charge in [0.2, 0.25) is 10.0 Å². The van der Waals surface area contributed by atoms with Gasteiger partial charge in [-0.3, -0.25) is 9.59 Å². The maximum atomic E-state index is 13.2. The molecule has 0 aromatic heterocycles. The molecule has 0 radical (unpaired) electrons. The molecule has 1 fully saturated rings. The number of halogens is 1. The Labute approximate surface area is 197 Å². The number of alkyl halides is 1. The first-order valence-corrected chi connectivity index (χ1v) is 13.3. The van der Waals surface area contributed by atoms with E-state index in [0.29, 0.717) is 37.3 Å². The van der Waals surface area contributed by atoms with Crippen molar-refractivity contribution >= 4 is 33.6 Å². The predicted octanol–water partition coefficient (Wildman–Crippen LogP) is 2.32. The highest BCUT2D eigenvalue weighted by atomic mass is 35.5. The van der Waals surface area contributed by atoms with Crippen LogP contribution in [0.4, 0.5) is 0 Å². The van der Waals surface area contributed by atoms with E-state index in [9.17, 15) is 18.0 Å². The van der Waals surface area contributed by atoms with Crippen molar-refractivity contribution in [3.8, 4) is 11.5 Å². The van der Waals surface area contributed by atoms with Crippen LogP contribution in [0.1, 0.15) is 37.8 Å². The molecule has 0 saturated carbocycles. The Morgan fingerprint density at radius 2 is 2.03 bits per heavy atom. The number of sulfonamides is 1. The molecule has 5 unspecified atom stereocenters. The van der Waals surface area contributed by atoms with E-state index in [2.05, 4.69) is 0 Å². The largest absolute Gasteiger partial charge is 0.481 e. The third-order valence-electron chi connectivity index (χ3n) is 7.24. The molecule has 1 aromatic rings. The molecule has 33 heavy (non-hydrogen) atoms. The predicted molar refractivity (Wildman–Crippen MR) is 120 cm³/mol. The van der Waals surface area contributed by atoms with E-state index in [-0.39, 0.29) is 23.6 Å². The quantitative estimate of drug-likeness (QED) is 0.258. The van der Waals surface area contributed by atoms with Crippen LogP contribution in [0, 0.1) is 5.92 Å². The number of hydrogen-bond acceptors (Lipinski definition) is 7. The molecule has 4 aliphatic rings. The van der Waals surface area contributed by atoms with E-state index >= 15 is 0 Å². The maximum Gasteiger partial charge on any atom is 0.308 e. The van der Waals surface area contributed by atoms with Crippen molar-refractivity contribution in [3.63, 3.8) is 0 Å². The number of ether oxygens (including phenoxy) is 3. The molecule has 0 N–H and O–H groups in total. The van der Waals surface area contributed by atoms with E-state index in [1.165, 1.54) is 13.8 Å². The summed E-state index contributed by atoms with van der Waals surface area (Å²) in [4.78, 5) is 23.5. The molecule has 178 valence electrons. The normalized spacial score (nSPS) is 31.5. The second-order valence-electron chi connectivity index (χ2n) is 9.07. The Morgan fingerprint density at radius 1 is 1.24 bits per heavy atom. The fourth-order valence-electron chi connectivity index (χ4n) is 6.22. The highest BCUT2D eigenvalue weighted by Gasteiger charge is 2.66. The average Bonchev–Trinajstić information content (AvgIpc) is 3.08. The standard InChI is InChI=1S/C23H26ClNO7S/c1-13(26)30-18-6-4-15-12-17-16-5-7-19(31-14(2)27)22-23(16,20(15)21(18)32-22)8-10-25(17)33(28,29)11-3-9-24/h4-7,16-17,19,22H,3,8-12H2,1-2H3. The summed E-state index contributed by atoms with van der Waals surface area (Å²) in [5.41, 5.74) is 1.35. The van der Waals surface area contributed by atoms with Gasteiger partial charge in [0, 0.05) is 49.2 Å². The van der Waals surface area contributed by atoms with Crippen molar-refractivity contribution in [1.29, 1.82) is 0 Å². The van der Waals surface area contributed by atoms with Gasteiger partial charge >= 0.3 is 11.9 Å². The minimum Gasteiger partial charge on any atom is -0.481 e. The van der Waals surface area contributed by atoms with Crippen LogP contribution in [-0.2, 0) is 36.2 Å². The molecule has 8 nitrogen and oxygen atoms in total. The van der Waals surface area contributed by atoms with Crippen molar-refractivity contribution in [2.45, 2.75) is 56.8 Å². The minimum absolute atomic E-state index is 0.00985.